The summed E-state index contributed by atoms with van der Waals surface area (Å²) in [6.45, 7) is 6.81. The summed E-state index contributed by atoms with van der Waals surface area (Å²) in [5.74, 6) is 0.661. The van der Waals surface area contributed by atoms with Crippen molar-refractivity contribution in [2.75, 3.05) is 20.6 Å². The summed E-state index contributed by atoms with van der Waals surface area (Å²) in [6, 6.07) is 8.08. The molecule has 0 aliphatic heterocycles. The van der Waals surface area contributed by atoms with Crippen LogP contribution in [0.15, 0.2) is 33.7 Å². The lowest BCUT2D eigenvalue weighted by molar-refractivity contribution is -0.122. The number of aliphatic imine (C=N–C) groups is 1. The van der Waals surface area contributed by atoms with E-state index in [-0.39, 0.29) is 42.0 Å². The van der Waals surface area contributed by atoms with E-state index in [1.807, 2.05) is 52.1 Å². The Labute approximate surface area is 164 Å². The van der Waals surface area contributed by atoms with Gasteiger partial charge in [-0.2, -0.15) is 0 Å². The molecule has 0 bridgehead atoms. The molecule has 130 valence electrons. The number of rotatable bonds is 4. The van der Waals surface area contributed by atoms with Gasteiger partial charge in [-0.05, 0) is 38.5 Å². The summed E-state index contributed by atoms with van der Waals surface area (Å²) >= 11 is 3.42. The molecule has 0 unspecified atom stereocenters. The summed E-state index contributed by atoms with van der Waals surface area (Å²) in [5.41, 5.74) is 0.920. The van der Waals surface area contributed by atoms with Gasteiger partial charge in [-0.15, -0.1) is 24.0 Å². The van der Waals surface area contributed by atoms with Gasteiger partial charge in [0.1, 0.15) is 0 Å². The molecule has 0 fully saturated rings. The van der Waals surface area contributed by atoms with E-state index in [0.29, 0.717) is 12.5 Å². The van der Waals surface area contributed by atoms with Crippen LogP contribution in [0.2, 0.25) is 0 Å². The Morgan fingerprint density at radius 3 is 2.30 bits per heavy atom. The van der Waals surface area contributed by atoms with Gasteiger partial charge in [-0.3, -0.25) is 9.79 Å². The quantitative estimate of drug-likeness (QED) is 0.382. The zero-order chi connectivity index (χ0) is 16.8. The van der Waals surface area contributed by atoms with E-state index < -0.39 is 0 Å². The first-order chi connectivity index (χ1) is 10.2. The Morgan fingerprint density at radius 1 is 1.26 bits per heavy atom. The second-order valence-corrected chi connectivity index (χ2v) is 7.10. The molecule has 0 spiro atoms. The minimum Gasteiger partial charge on any atom is -0.352 e. The van der Waals surface area contributed by atoms with Gasteiger partial charge >= 0.3 is 0 Å². The Hall–Kier alpha value is -0.830. The summed E-state index contributed by atoms with van der Waals surface area (Å²) in [7, 11) is 3.56. The zero-order valence-corrected chi connectivity index (χ0v) is 18.2. The number of carbonyl (C=O) groups excluding carboxylic acids is 1. The van der Waals surface area contributed by atoms with Crippen molar-refractivity contribution in [2.45, 2.75) is 32.9 Å². The molecular formula is C16H26BrIN4O. The van der Waals surface area contributed by atoms with Crippen LogP contribution in [0.5, 0.6) is 0 Å². The lowest BCUT2D eigenvalue weighted by atomic mass is 10.1. The van der Waals surface area contributed by atoms with Gasteiger partial charge in [0.25, 0.3) is 0 Å². The van der Waals surface area contributed by atoms with Crippen molar-refractivity contribution < 1.29 is 4.79 Å². The summed E-state index contributed by atoms with van der Waals surface area (Å²) in [4.78, 5) is 18.0. The molecule has 1 aromatic carbocycles. The highest BCUT2D eigenvalue weighted by Gasteiger charge is 2.16. The number of likely N-dealkylation sites (N-methyl/N-ethyl adjacent to an activating group) is 1. The Balaban J connectivity index is 0.00000484. The lowest BCUT2D eigenvalue weighted by Gasteiger charge is -2.25. The average Bonchev–Trinajstić information content (AvgIpc) is 2.39. The number of carbonyl (C=O) groups is 1. The third-order valence-corrected chi connectivity index (χ3v) is 3.36. The van der Waals surface area contributed by atoms with E-state index in [4.69, 9.17) is 0 Å². The molecule has 0 aliphatic carbocycles. The van der Waals surface area contributed by atoms with Gasteiger partial charge in [0.15, 0.2) is 5.96 Å². The molecule has 1 aromatic rings. The predicted molar refractivity (Wildman–Crippen MR) is 110 cm³/mol. The van der Waals surface area contributed by atoms with Crippen molar-refractivity contribution in [1.82, 2.24) is 15.5 Å². The SMILES string of the molecule is CN=C(NCc1ccc(Br)cc1)N(C)CC(=O)NC(C)(C)C.I. The van der Waals surface area contributed by atoms with E-state index in [9.17, 15) is 4.79 Å². The normalized spacial score (nSPS) is 11.5. The van der Waals surface area contributed by atoms with Gasteiger partial charge in [0.05, 0.1) is 6.54 Å². The maximum absolute atomic E-state index is 12.0. The molecule has 1 rings (SSSR count). The second-order valence-electron chi connectivity index (χ2n) is 6.18. The Kier molecular flexibility index (Phi) is 9.76. The van der Waals surface area contributed by atoms with Crippen LogP contribution in [0.25, 0.3) is 0 Å². The number of benzene rings is 1. The number of amides is 1. The third kappa shape index (κ3) is 9.14. The van der Waals surface area contributed by atoms with Crippen LogP contribution < -0.4 is 10.6 Å². The first-order valence-electron chi connectivity index (χ1n) is 7.18. The third-order valence-electron chi connectivity index (χ3n) is 2.83. The van der Waals surface area contributed by atoms with Crippen LogP contribution in [-0.2, 0) is 11.3 Å². The van der Waals surface area contributed by atoms with Crippen LogP contribution in [0.1, 0.15) is 26.3 Å². The maximum atomic E-state index is 12.0. The molecule has 0 saturated heterocycles. The van der Waals surface area contributed by atoms with Crippen molar-refractivity contribution in [2.24, 2.45) is 4.99 Å². The monoisotopic (exact) mass is 496 g/mol. The Morgan fingerprint density at radius 2 is 1.83 bits per heavy atom. The Bertz CT molecular complexity index is 526. The minimum absolute atomic E-state index is 0. The molecule has 7 heteroatoms. The van der Waals surface area contributed by atoms with Crippen molar-refractivity contribution in [1.29, 1.82) is 0 Å². The summed E-state index contributed by atoms with van der Waals surface area (Å²) < 4.78 is 1.05. The number of nitrogens with zero attached hydrogens (tertiary/aromatic N) is 2. The van der Waals surface area contributed by atoms with Gasteiger partial charge in [0, 0.05) is 30.7 Å². The highest BCUT2D eigenvalue weighted by atomic mass is 127. The molecule has 23 heavy (non-hydrogen) atoms. The van der Waals surface area contributed by atoms with Crippen LogP contribution in [0.3, 0.4) is 0 Å². The number of nitrogens with one attached hydrogen (secondary N) is 2. The topological polar surface area (TPSA) is 56.7 Å². The van der Waals surface area contributed by atoms with Gasteiger partial charge in [-0.25, -0.2) is 0 Å². The molecule has 0 saturated carbocycles. The van der Waals surface area contributed by atoms with E-state index in [1.54, 1.807) is 11.9 Å². The summed E-state index contributed by atoms with van der Waals surface area (Å²) in [5, 5.41) is 6.19. The van der Waals surface area contributed by atoms with Gasteiger partial charge in [0.2, 0.25) is 5.91 Å². The minimum atomic E-state index is -0.230. The fraction of sp³-hybridized carbons (Fsp3) is 0.500. The zero-order valence-electron chi connectivity index (χ0n) is 14.3. The van der Waals surface area contributed by atoms with Crippen LogP contribution >= 0.6 is 39.9 Å². The molecule has 0 atom stereocenters. The van der Waals surface area contributed by atoms with Crippen molar-refractivity contribution >= 4 is 51.8 Å². The van der Waals surface area contributed by atoms with E-state index in [0.717, 1.165) is 10.0 Å². The lowest BCUT2D eigenvalue weighted by Crippen LogP contribution is -2.48. The van der Waals surface area contributed by atoms with Crippen LogP contribution in [0, 0.1) is 0 Å². The fourth-order valence-electron chi connectivity index (χ4n) is 1.92. The average molecular weight is 497 g/mol. The largest absolute Gasteiger partial charge is 0.352 e. The van der Waals surface area contributed by atoms with Gasteiger partial charge in [-0.1, -0.05) is 28.1 Å². The standard InChI is InChI=1S/C16H25BrN4O.HI/c1-16(2,3)20-14(22)11-21(5)15(18-4)19-10-12-6-8-13(17)9-7-12;/h6-9H,10-11H2,1-5H3,(H,18,19)(H,20,22);1H. The van der Waals surface area contributed by atoms with E-state index >= 15 is 0 Å². The molecule has 0 aromatic heterocycles. The van der Waals surface area contributed by atoms with Gasteiger partial charge < -0.3 is 15.5 Å². The number of hydrogen-bond acceptors (Lipinski definition) is 2. The second kappa shape index (κ2) is 10.1. The van der Waals surface area contributed by atoms with Crippen molar-refractivity contribution in [3.63, 3.8) is 0 Å². The highest BCUT2D eigenvalue weighted by Crippen LogP contribution is 2.10. The van der Waals surface area contributed by atoms with Crippen LogP contribution in [0.4, 0.5) is 0 Å². The molecule has 0 aliphatic rings. The fourth-order valence-corrected chi connectivity index (χ4v) is 2.18. The first-order valence-corrected chi connectivity index (χ1v) is 7.98. The molecular weight excluding hydrogens is 471 g/mol. The molecule has 0 radical (unpaired) electrons. The van der Waals surface area contributed by atoms with Crippen molar-refractivity contribution in [3.05, 3.63) is 34.3 Å². The number of hydrogen-bond donors (Lipinski definition) is 2. The van der Waals surface area contributed by atoms with E-state index in [2.05, 4.69) is 31.6 Å². The molecule has 5 nitrogen and oxygen atoms in total. The van der Waals surface area contributed by atoms with Crippen molar-refractivity contribution in [3.8, 4) is 0 Å². The van der Waals surface area contributed by atoms with Crippen LogP contribution in [-0.4, -0.2) is 42.9 Å². The molecule has 1 amide bonds. The molecule has 2 N–H and O–H groups in total. The summed E-state index contributed by atoms with van der Waals surface area (Å²) in [6.07, 6.45) is 0. The highest BCUT2D eigenvalue weighted by molar-refractivity contribution is 14.0. The predicted octanol–water partition coefficient (Wildman–Crippen LogP) is 2.99. The number of guanidine groups is 1. The maximum Gasteiger partial charge on any atom is 0.240 e. The number of halogens is 2. The molecule has 0 heterocycles. The van der Waals surface area contributed by atoms with E-state index in [1.165, 1.54) is 0 Å². The smallest absolute Gasteiger partial charge is 0.240 e. The first kappa shape index (κ1) is 22.2.